The highest BCUT2D eigenvalue weighted by molar-refractivity contribution is 5.86. The summed E-state index contributed by atoms with van der Waals surface area (Å²) < 4.78 is 0. The Hall–Kier alpha value is -1.30. The number of amides is 2. The molecule has 0 saturated carbocycles. The molecule has 6 nitrogen and oxygen atoms in total. The van der Waals surface area contributed by atoms with Gasteiger partial charge in [-0.2, -0.15) is 0 Å². The molecule has 0 spiro atoms. The van der Waals surface area contributed by atoms with E-state index in [0.29, 0.717) is 18.9 Å². The van der Waals surface area contributed by atoms with Crippen molar-refractivity contribution in [2.45, 2.75) is 70.0 Å². The van der Waals surface area contributed by atoms with Crippen LogP contribution in [0.5, 0.6) is 0 Å². The number of piperidine rings is 1. The van der Waals surface area contributed by atoms with Crippen LogP contribution in [-0.4, -0.2) is 52.7 Å². The first-order valence-electron chi connectivity index (χ1n) is 8.02. The normalized spacial score (nSPS) is 28.5. The largest absolute Gasteiger partial charge is 0.480 e. The Morgan fingerprint density at radius 1 is 1.29 bits per heavy atom. The van der Waals surface area contributed by atoms with Crippen molar-refractivity contribution >= 4 is 12.0 Å². The third-order valence-corrected chi connectivity index (χ3v) is 4.78. The molecule has 0 aromatic rings. The molecule has 3 unspecified atom stereocenters. The number of aliphatic carboxylic acids is 1. The fourth-order valence-electron chi connectivity index (χ4n) is 3.59. The predicted molar refractivity (Wildman–Crippen MR) is 80.2 cm³/mol. The second-order valence-corrected chi connectivity index (χ2v) is 6.48. The third-order valence-electron chi connectivity index (χ3n) is 4.78. The minimum absolute atomic E-state index is 0.143. The van der Waals surface area contributed by atoms with E-state index in [1.807, 2.05) is 6.92 Å². The Labute approximate surface area is 126 Å². The lowest BCUT2D eigenvalue weighted by Gasteiger charge is -2.33. The van der Waals surface area contributed by atoms with E-state index >= 15 is 0 Å². The monoisotopic (exact) mass is 297 g/mol. The van der Waals surface area contributed by atoms with E-state index in [1.165, 1.54) is 12.8 Å². The van der Waals surface area contributed by atoms with Crippen LogP contribution in [0.2, 0.25) is 0 Å². The van der Waals surface area contributed by atoms with Gasteiger partial charge in [-0.25, -0.2) is 9.59 Å². The molecule has 2 fully saturated rings. The quantitative estimate of drug-likeness (QED) is 0.719. The maximum atomic E-state index is 12.2. The molecule has 2 rings (SSSR count). The number of carboxylic acid groups (broad SMARTS) is 1. The zero-order valence-electron chi connectivity index (χ0n) is 13.0. The van der Waals surface area contributed by atoms with Crippen molar-refractivity contribution in [3.8, 4) is 0 Å². The summed E-state index contributed by atoms with van der Waals surface area (Å²) in [5.41, 5.74) is -1.19. The zero-order chi connectivity index (χ0) is 15.5. The molecule has 2 saturated heterocycles. The van der Waals surface area contributed by atoms with Crippen molar-refractivity contribution < 1.29 is 14.7 Å². The molecule has 2 amide bonds. The van der Waals surface area contributed by atoms with Crippen LogP contribution in [0.3, 0.4) is 0 Å². The molecule has 0 aromatic heterocycles. The minimum atomic E-state index is -1.19. The molecule has 6 heteroatoms. The van der Waals surface area contributed by atoms with Gasteiger partial charge in [0.2, 0.25) is 0 Å². The van der Waals surface area contributed by atoms with Crippen LogP contribution in [-0.2, 0) is 4.79 Å². The molecule has 3 N–H and O–H groups in total. The molecule has 0 aliphatic carbocycles. The van der Waals surface area contributed by atoms with Gasteiger partial charge < -0.3 is 15.7 Å². The number of carbonyl (C=O) groups is 2. The van der Waals surface area contributed by atoms with Gasteiger partial charge in [0.15, 0.2) is 0 Å². The molecular formula is C15H27N3O3. The Bertz CT molecular complexity index is 402. The molecule has 0 aromatic carbocycles. The van der Waals surface area contributed by atoms with Crippen LogP contribution in [0.25, 0.3) is 0 Å². The van der Waals surface area contributed by atoms with Gasteiger partial charge in [-0.3, -0.25) is 4.90 Å². The number of nitrogens with one attached hydrogen (secondary N) is 2. The van der Waals surface area contributed by atoms with Crippen molar-refractivity contribution in [3.63, 3.8) is 0 Å². The molecule has 2 aliphatic heterocycles. The van der Waals surface area contributed by atoms with Gasteiger partial charge in [0.25, 0.3) is 0 Å². The van der Waals surface area contributed by atoms with Crippen LogP contribution in [0.1, 0.15) is 52.4 Å². The third kappa shape index (κ3) is 3.67. The van der Waals surface area contributed by atoms with Crippen molar-refractivity contribution in [2.24, 2.45) is 0 Å². The average molecular weight is 297 g/mol. The summed E-state index contributed by atoms with van der Waals surface area (Å²) >= 11 is 0. The summed E-state index contributed by atoms with van der Waals surface area (Å²) in [4.78, 5) is 26.0. The Morgan fingerprint density at radius 2 is 2.05 bits per heavy atom. The second-order valence-electron chi connectivity index (χ2n) is 6.48. The highest BCUT2D eigenvalue weighted by atomic mass is 16.4. The molecule has 3 atom stereocenters. The molecule has 21 heavy (non-hydrogen) atoms. The summed E-state index contributed by atoms with van der Waals surface area (Å²) in [5, 5.41) is 15.0. The van der Waals surface area contributed by atoms with Gasteiger partial charge in [-0.15, -0.1) is 0 Å². The number of rotatable bonds is 5. The molecule has 2 aliphatic rings. The summed E-state index contributed by atoms with van der Waals surface area (Å²) in [6.45, 7) is 5.63. The van der Waals surface area contributed by atoms with E-state index < -0.39 is 11.5 Å². The SMILES string of the molecule is CCCC(C)(NC(=O)NC1CCN2CCCCC12)C(=O)O. The van der Waals surface area contributed by atoms with Gasteiger partial charge in [-0.05, 0) is 39.2 Å². The lowest BCUT2D eigenvalue weighted by Crippen LogP contribution is -2.58. The first-order chi connectivity index (χ1) is 9.96. The maximum absolute atomic E-state index is 12.2. The molecule has 120 valence electrons. The lowest BCUT2D eigenvalue weighted by molar-refractivity contribution is -0.144. The maximum Gasteiger partial charge on any atom is 0.329 e. The number of hydrogen-bond donors (Lipinski definition) is 3. The van der Waals surface area contributed by atoms with Crippen LogP contribution >= 0.6 is 0 Å². The van der Waals surface area contributed by atoms with Gasteiger partial charge >= 0.3 is 12.0 Å². The first-order valence-corrected chi connectivity index (χ1v) is 8.02. The Morgan fingerprint density at radius 3 is 2.71 bits per heavy atom. The van der Waals surface area contributed by atoms with E-state index in [2.05, 4.69) is 15.5 Å². The summed E-state index contributed by atoms with van der Waals surface area (Å²) in [6, 6.07) is 0.211. The van der Waals surface area contributed by atoms with Crippen LogP contribution < -0.4 is 10.6 Å². The fraction of sp³-hybridized carbons (Fsp3) is 0.867. The molecular weight excluding hydrogens is 270 g/mol. The standard InChI is InChI=1S/C15H27N3O3/c1-3-8-15(2,13(19)20)17-14(21)16-11-7-10-18-9-5-4-6-12(11)18/h11-12H,3-10H2,1-2H3,(H,19,20)(H2,16,17,21). The van der Waals surface area contributed by atoms with Gasteiger partial charge in [0.05, 0.1) is 0 Å². The van der Waals surface area contributed by atoms with Crippen molar-refractivity contribution in [1.29, 1.82) is 0 Å². The molecule has 0 bridgehead atoms. The Kier molecular flexibility index (Phi) is 5.08. The number of nitrogens with zero attached hydrogens (tertiary/aromatic N) is 1. The van der Waals surface area contributed by atoms with Crippen LogP contribution in [0.15, 0.2) is 0 Å². The number of fused-ring (bicyclic) bond motifs is 1. The highest BCUT2D eigenvalue weighted by Crippen LogP contribution is 2.27. The molecule has 2 heterocycles. The second kappa shape index (κ2) is 6.64. The fourth-order valence-corrected chi connectivity index (χ4v) is 3.59. The lowest BCUT2D eigenvalue weighted by atomic mass is 9.96. The van der Waals surface area contributed by atoms with Crippen LogP contribution in [0, 0.1) is 0 Å². The van der Waals surface area contributed by atoms with Gasteiger partial charge in [-0.1, -0.05) is 19.8 Å². The van der Waals surface area contributed by atoms with Crippen molar-refractivity contribution in [1.82, 2.24) is 15.5 Å². The smallest absolute Gasteiger partial charge is 0.329 e. The van der Waals surface area contributed by atoms with E-state index in [9.17, 15) is 14.7 Å². The van der Waals surface area contributed by atoms with E-state index in [1.54, 1.807) is 6.92 Å². The number of carboxylic acids is 1. The average Bonchev–Trinajstić information content (AvgIpc) is 2.82. The molecule has 0 radical (unpaired) electrons. The number of hydrogen-bond acceptors (Lipinski definition) is 3. The minimum Gasteiger partial charge on any atom is -0.480 e. The predicted octanol–water partition coefficient (Wildman–Crippen LogP) is 1.56. The van der Waals surface area contributed by atoms with E-state index in [-0.39, 0.29) is 12.1 Å². The summed E-state index contributed by atoms with van der Waals surface area (Å²) in [7, 11) is 0. The Balaban J connectivity index is 1.90. The van der Waals surface area contributed by atoms with Gasteiger partial charge in [0.1, 0.15) is 5.54 Å². The first kappa shape index (κ1) is 16.1. The van der Waals surface area contributed by atoms with Crippen molar-refractivity contribution in [2.75, 3.05) is 13.1 Å². The van der Waals surface area contributed by atoms with E-state index in [4.69, 9.17) is 0 Å². The number of carbonyl (C=O) groups excluding carboxylic acids is 1. The zero-order valence-corrected chi connectivity index (χ0v) is 13.0. The highest BCUT2D eigenvalue weighted by Gasteiger charge is 2.38. The summed E-state index contributed by atoms with van der Waals surface area (Å²) in [5.74, 6) is -0.981. The number of urea groups is 1. The van der Waals surface area contributed by atoms with Crippen LogP contribution in [0.4, 0.5) is 4.79 Å². The van der Waals surface area contributed by atoms with Crippen molar-refractivity contribution in [3.05, 3.63) is 0 Å². The summed E-state index contributed by atoms with van der Waals surface area (Å²) in [6.07, 6.45) is 5.66. The van der Waals surface area contributed by atoms with E-state index in [0.717, 1.165) is 25.9 Å². The topological polar surface area (TPSA) is 81.7 Å². The van der Waals surface area contributed by atoms with Gasteiger partial charge in [0, 0.05) is 18.6 Å².